The molecule has 2 rings (SSSR count). The van der Waals surface area contributed by atoms with Gasteiger partial charge in [0.05, 0.1) is 0 Å². The van der Waals surface area contributed by atoms with Crippen molar-refractivity contribution >= 4 is 11.7 Å². The number of hydrogen-bond donors (Lipinski definition) is 2. The quantitative estimate of drug-likeness (QED) is 0.860. The summed E-state index contributed by atoms with van der Waals surface area (Å²) in [5, 5.41) is 12.1. The molecule has 0 aliphatic heterocycles. The molecule has 1 amide bonds. The number of aromatic nitrogens is 1. The van der Waals surface area contributed by atoms with Crippen LogP contribution in [-0.4, -0.2) is 16.0 Å². The third-order valence-electron chi connectivity index (χ3n) is 3.55. The molecular weight excluding hydrogens is 228 g/mol. The average Bonchev–Trinajstić information content (AvgIpc) is 2.40. The summed E-state index contributed by atoms with van der Waals surface area (Å²) in [6.45, 7) is 0. The predicted octanol–water partition coefficient (Wildman–Crippen LogP) is 3.09. The van der Waals surface area contributed by atoms with Crippen molar-refractivity contribution < 1.29 is 9.90 Å². The van der Waals surface area contributed by atoms with E-state index in [2.05, 4.69) is 10.3 Å². The number of amides is 1. The second kappa shape index (κ2) is 6.38. The van der Waals surface area contributed by atoms with E-state index < -0.39 is 0 Å². The summed E-state index contributed by atoms with van der Waals surface area (Å²) < 4.78 is 0. The van der Waals surface area contributed by atoms with Gasteiger partial charge in [0.15, 0.2) is 11.6 Å². The minimum absolute atomic E-state index is 0.0171. The molecule has 0 aromatic carbocycles. The van der Waals surface area contributed by atoms with Crippen LogP contribution in [0.4, 0.5) is 5.82 Å². The lowest BCUT2D eigenvalue weighted by atomic mass is 9.86. The SMILES string of the molecule is O=C(CCC1CCCCC1)Nc1ncccc1O. The highest BCUT2D eigenvalue weighted by Crippen LogP contribution is 2.27. The Hall–Kier alpha value is -1.58. The van der Waals surface area contributed by atoms with Gasteiger partial charge in [-0.15, -0.1) is 0 Å². The molecule has 0 saturated heterocycles. The molecule has 0 spiro atoms. The molecule has 98 valence electrons. The molecule has 1 aromatic heterocycles. The molecule has 0 radical (unpaired) electrons. The maximum atomic E-state index is 11.7. The summed E-state index contributed by atoms with van der Waals surface area (Å²) >= 11 is 0. The lowest BCUT2D eigenvalue weighted by Gasteiger charge is -2.20. The van der Waals surface area contributed by atoms with Crippen LogP contribution >= 0.6 is 0 Å². The Kier molecular flexibility index (Phi) is 4.56. The van der Waals surface area contributed by atoms with Crippen molar-refractivity contribution in [3.05, 3.63) is 18.3 Å². The van der Waals surface area contributed by atoms with Crippen molar-refractivity contribution in [2.75, 3.05) is 5.32 Å². The van der Waals surface area contributed by atoms with Gasteiger partial charge in [-0.05, 0) is 24.5 Å². The Labute approximate surface area is 107 Å². The summed E-state index contributed by atoms with van der Waals surface area (Å²) in [5.41, 5.74) is 0. The molecular formula is C14H20N2O2. The molecule has 4 heteroatoms. The molecule has 1 aliphatic carbocycles. The van der Waals surface area contributed by atoms with E-state index in [4.69, 9.17) is 0 Å². The number of pyridine rings is 1. The third kappa shape index (κ3) is 3.72. The summed E-state index contributed by atoms with van der Waals surface area (Å²) in [7, 11) is 0. The maximum absolute atomic E-state index is 11.7. The van der Waals surface area contributed by atoms with E-state index in [9.17, 15) is 9.90 Å². The highest BCUT2D eigenvalue weighted by atomic mass is 16.3. The first-order valence-electron chi connectivity index (χ1n) is 6.69. The minimum Gasteiger partial charge on any atom is -0.504 e. The number of anilines is 1. The zero-order chi connectivity index (χ0) is 12.8. The number of carbonyl (C=O) groups is 1. The maximum Gasteiger partial charge on any atom is 0.225 e. The molecule has 1 saturated carbocycles. The van der Waals surface area contributed by atoms with Gasteiger partial charge >= 0.3 is 0 Å². The molecule has 1 fully saturated rings. The van der Waals surface area contributed by atoms with Gasteiger partial charge in [0.2, 0.25) is 5.91 Å². The van der Waals surface area contributed by atoms with Gasteiger partial charge in [0.25, 0.3) is 0 Å². The number of hydrogen-bond acceptors (Lipinski definition) is 3. The molecule has 2 N–H and O–H groups in total. The lowest BCUT2D eigenvalue weighted by Crippen LogP contribution is -2.15. The lowest BCUT2D eigenvalue weighted by molar-refractivity contribution is -0.116. The monoisotopic (exact) mass is 248 g/mol. The molecule has 1 aliphatic rings. The van der Waals surface area contributed by atoms with Crippen molar-refractivity contribution in [1.82, 2.24) is 4.98 Å². The van der Waals surface area contributed by atoms with Gasteiger partial charge < -0.3 is 10.4 Å². The standard InChI is InChI=1S/C14H20N2O2/c17-12-7-4-10-15-14(12)16-13(18)9-8-11-5-2-1-3-6-11/h4,7,10-11,17H,1-3,5-6,8-9H2,(H,15,16,18). The first-order chi connectivity index (χ1) is 8.75. The number of nitrogens with one attached hydrogen (secondary N) is 1. The Bertz CT molecular complexity index is 401. The average molecular weight is 248 g/mol. The summed E-state index contributed by atoms with van der Waals surface area (Å²) in [6, 6.07) is 3.15. The van der Waals surface area contributed by atoms with Crippen LogP contribution < -0.4 is 5.32 Å². The van der Waals surface area contributed by atoms with E-state index in [-0.39, 0.29) is 17.5 Å². The van der Waals surface area contributed by atoms with Crippen LogP contribution in [0, 0.1) is 5.92 Å². The fourth-order valence-electron chi connectivity index (χ4n) is 2.50. The second-order valence-corrected chi connectivity index (χ2v) is 4.96. The topological polar surface area (TPSA) is 62.2 Å². The van der Waals surface area contributed by atoms with Gasteiger partial charge in [0, 0.05) is 12.6 Å². The Balaban J connectivity index is 1.76. The van der Waals surface area contributed by atoms with Crippen molar-refractivity contribution in [1.29, 1.82) is 0 Å². The van der Waals surface area contributed by atoms with Gasteiger partial charge in [0.1, 0.15) is 0 Å². The van der Waals surface area contributed by atoms with Crippen LogP contribution in [0.15, 0.2) is 18.3 Å². The third-order valence-corrected chi connectivity index (χ3v) is 3.55. The van der Waals surface area contributed by atoms with Crippen molar-refractivity contribution in [3.63, 3.8) is 0 Å². The van der Waals surface area contributed by atoms with E-state index in [0.29, 0.717) is 12.3 Å². The van der Waals surface area contributed by atoms with Crippen LogP contribution in [0.3, 0.4) is 0 Å². The smallest absolute Gasteiger partial charge is 0.225 e. The van der Waals surface area contributed by atoms with E-state index in [0.717, 1.165) is 6.42 Å². The molecule has 4 nitrogen and oxygen atoms in total. The summed E-state index contributed by atoms with van der Waals surface area (Å²) in [4.78, 5) is 15.7. The fraction of sp³-hybridized carbons (Fsp3) is 0.571. The van der Waals surface area contributed by atoms with Crippen molar-refractivity contribution in [2.45, 2.75) is 44.9 Å². The molecule has 0 bridgehead atoms. The Morgan fingerprint density at radius 1 is 1.39 bits per heavy atom. The normalized spacial score (nSPS) is 16.4. The zero-order valence-corrected chi connectivity index (χ0v) is 10.6. The van der Waals surface area contributed by atoms with E-state index in [1.54, 1.807) is 12.3 Å². The van der Waals surface area contributed by atoms with Crippen LogP contribution in [0.5, 0.6) is 5.75 Å². The van der Waals surface area contributed by atoms with Crippen molar-refractivity contribution in [3.8, 4) is 5.75 Å². The summed E-state index contributed by atoms with van der Waals surface area (Å²) in [6.07, 6.45) is 9.45. The van der Waals surface area contributed by atoms with Crippen LogP contribution in [0.25, 0.3) is 0 Å². The molecule has 1 aromatic rings. The van der Waals surface area contributed by atoms with Gasteiger partial charge in [-0.3, -0.25) is 4.79 Å². The van der Waals surface area contributed by atoms with Crippen LogP contribution in [0.2, 0.25) is 0 Å². The van der Waals surface area contributed by atoms with Crippen LogP contribution in [0.1, 0.15) is 44.9 Å². The molecule has 0 unspecified atom stereocenters. The first-order valence-corrected chi connectivity index (χ1v) is 6.69. The number of nitrogens with zero attached hydrogens (tertiary/aromatic N) is 1. The fourth-order valence-corrected chi connectivity index (χ4v) is 2.50. The van der Waals surface area contributed by atoms with Gasteiger partial charge in [-0.25, -0.2) is 4.98 Å². The summed E-state index contributed by atoms with van der Waals surface area (Å²) in [5.74, 6) is 0.908. The highest BCUT2D eigenvalue weighted by molar-refractivity contribution is 5.90. The van der Waals surface area contributed by atoms with Gasteiger partial charge in [-0.1, -0.05) is 32.1 Å². The zero-order valence-electron chi connectivity index (χ0n) is 10.6. The number of rotatable bonds is 4. The Morgan fingerprint density at radius 3 is 2.89 bits per heavy atom. The minimum atomic E-state index is -0.0606. The first kappa shape index (κ1) is 12.9. The molecule has 18 heavy (non-hydrogen) atoms. The predicted molar refractivity (Wildman–Crippen MR) is 70.3 cm³/mol. The number of aromatic hydroxyl groups is 1. The Morgan fingerprint density at radius 2 is 2.17 bits per heavy atom. The number of carbonyl (C=O) groups excluding carboxylic acids is 1. The van der Waals surface area contributed by atoms with Gasteiger partial charge in [-0.2, -0.15) is 0 Å². The largest absolute Gasteiger partial charge is 0.504 e. The second-order valence-electron chi connectivity index (χ2n) is 4.96. The van der Waals surface area contributed by atoms with Crippen LogP contribution in [-0.2, 0) is 4.79 Å². The molecule has 0 atom stereocenters. The van der Waals surface area contributed by atoms with Crippen molar-refractivity contribution in [2.24, 2.45) is 5.92 Å². The highest BCUT2D eigenvalue weighted by Gasteiger charge is 2.15. The van der Waals surface area contributed by atoms with E-state index in [1.807, 2.05) is 0 Å². The molecule has 1 heterocycles. The van der Waals surface area contributed by atoms with E-state index >= 15 is 0 Å². The van der Waals surface area contributed by atoms with E-state index in [1.165, 1.54) is 38.2 Å².